The third-order valence-electron chi connectivity index (χ3n) is 3.34. The summed E-state index contributed by atoms with van der Waals surface area (Å²) in [5.74, 6) is 1.96. The quantitative estimate of drug-likeness (QED) is 0.610. The van der Waals surface area contributed by atoms with Gasteiger partial charge in [-0.2, -0.15) is 0 Å². The van der Waals surface area contributed by atoms with Gasteiger partial charge in [-0.3, -0.25) is 4.79 Å². The Morgan fingerprint density at radius 1 is 1.38 bits per heavy atom. The fraction of sp³-hybridized carbons (Fsp3) is 0.727. The second kappa shape index (κ2) is 3.52. The number of nitrogens with one attached hydrogen (secondary N) is 1. The Labute approximate surface area is 79.4 Å². The molecule has 1 saturated carbocycles. The predicted molar refractivity (Wildman–Crippen MR) is 52.1 cm³/mol. The molecule has 0 saturated heterocycles. The Balaban J connectivity index is 2.03. The molecule has 2 rings (SSSR count). The van der Waals surface area contributed by atoms with Crippen molar-refractivity contribution in [3.8, 4) is 0 Å². The van der Waals surface area contributed by atoms with E-state index >= 15 is 0 Å². The SMILES string of the molecule is CNC(=O)C1CC2C=CCC(C2)C1. The minimum atomic E-state index is 0.241. The first-order valence-corrected chi connectivity index (χ1v) is 5.18. The van der Waals surface area contributed by atoms with Crippen LogP contribution in [0.3, 0.4) is 0 Å². The number of carbonyl (C=O) groups excluding carboxylic acids is 1. The molecule has 0 aliphatic heterocycles. The molecule has 2 nitrogen and oxygen atoms in total. The Hall–Kier alpha value is -0.790. The van der Waals surface area contributed by atoms with Crippen molar-refractivity contribution >= 4 is 5.91 Å². The fourth-order valence-electron chi connectivity index (χ4n) is 2.72. The average Bonchev–Trinajstić information content (AvgIpc) is 2.16. The van der Waals surface area contributed by atoms with Crippen LogP contribution in [0, 0.1) is 17.8 Å². The third kappa shape index (κ3) is 1.77. The summed E-state index contributed by atoms with van der Waals surface area (Å²) in [5, 5.41) is 2.76. The van der Waals surface area contributed by atoms with E-state index in [1.54, 1.807) is 7.05 Å². The molecule has 0 aromatic rings. The van der Waals surface area contributed by atoms with Crippen LogP contribution in [-0.2, 0) is 4.79 Å². The molecule has 1 N–H and O–H groups in total. The highest BCUT2D eigenvalue weighted by Crippen LogP contribution is 2.39. The largest absolute Gasteiger partial charge is 0.359 e. The molecule has 0 aromatic carbocycles. The molecule has 2 aliphatic carbocycles. The molecule has 0 aromatic heterocycles. The van der Waals surface area contributed by atoms with Crippen LogP contribution in [0.2, 0.25) is 0 Å². The van der Waals surface area contributed by atoms with E-state index < -0.39 is 0 Å². The van der Waals surface area contributed by atoms with E-state index in [2.05, 4.69) is 17.5 Å². The molecule has 1 fully saturated rings. The van der Waals surface area contributed by atoms with Crippen LogP contribution in [0.25, 0.3) is 0 Å². The zero-order valence-corrected chi connectivity index (χ0v) is 8.12. The highest BCUT2D eigenvalue weighted by Gasteiger charge is 2.32. The second-order valence-corrected chi connectivity index (χ2v) is 4.31. The molecule has 0 spiro atoms. The molecule has 0 heterocycles. The monoisotopic (exact) mass is 179 g/mol. The van der Waals surface area contributed by atoms with E-state index in [4.69, 9.17) is 0 Å². The van der Waals surface area contributed by atoms with Gasteiger partial charge < -0.3 is 5.32 Å². The highest BCUT2D eigenvalue weighted by atomic mass is 16.1. The lowest BCUT2D eigenvalue weighted by molar-refractivity contribution is -0.126. The van der Waals surface area contributed by atoms with Crippen molar-refractivity contribution in [2.24, 2.45) is 17.8 Å². The molecule has 0 radical (unpaired) electrons. The average molecular weight is 179 g/mol. The van der Waals surface area contributed by atoms with Gasteiger partial charge in [0.25, 0.3) is 0 Å². The molecule has 1 amide bonds. The van der Waals surface area contributed by atoms with E-state index in [0.29, 0.717) is 5.92 Å². The molecule has 2 aliphatic rings. The third-order valence-corrected chi connectivity index (χ3v) is 3.34. The van der Waals surface area contributed by atoms with E-state index in [1.807, 2.05) is 0 Å². The number of rotatable bonds is 1. The maximum atomic E-state index is 11.5. The number of allylic oxidation sites excluding steroid dienone is 2. The van der Waals surface area contributed by atoms with Crippen molar-refractivity contribution in [3.05, 3.63) is 12.2 Å². The lowest BCUT2D eigenvalue weighted by atomic mass is 9.71. The molecule has 2 heteroatoms. The number of carbonyl (C=O) groups is 1. The summed E-state index contributed by atoms with van der Waals surface area (Å²) in [4.78, 5) is 11.5. The first-order valence-electron chi connectivity index (χ1n) is 5.18. The molecule has 2 bridgehead atoms. The number of amides is 1. The summed E-state index contributed by atoms with van der Waals surface area (Å²) in [5.41, 5.74) is 0. The van der Waals surface area contributed by atoms with Crippen LogP contribution < -0.4 is 5.32 Å². The summed E-state index contributed by atoms with van der Waals surface area (Å²) in [6.07, 6.45) is 9.24. The van der Waals surface area contributed by atoms with E-state index in [-0.39, 0.29) is 11.8 Å². The molecular formula is C11H17NO. The molecule has 3 unspecified atom stereocenters. The molecule has 72 valence electrons. The van der Waals surface area contributed by atoms with Crippen LogP contribution in [0.5, 0.6) is 0 Å². The van der Waals surface area contributed by atoms with Crippen molar-refractivity contribution in [3.63, 3.8) is 0 Å². The van der Waals surface area contributed by atoms with E-state index in [9.17, 15) is 4.79 Å². The second-order valence-electron chi connectivity index (χ2n) is 4.31. The smallest absolute Gasteiger partial charge is 0.222 e. The minimum absolute atomic E-state index is 0.241. The lowest BCUT2D eigenvalue weighted by Gasteiger charge is -2.34. The van der Waals surface area contributed by atoms with Crippen molar-refractivity contribution in [1.82, 2.24) is 5.32 Å². The summed E-state index contributed by atoms with van der Waals surface area (Å²) >= 11 is 0. The zero-order valence-electron chi connectivity index (χ0n) is 8.12. The van der Waals surface area contributed by atoms with Gasteiger partial charge in [0.1, 0.15) is 0 Å². The maximum absolute atomic E-state index is 11.5. The van der Waals surface area contributed by atoms with Crippen LogP contribution in [0.4, 0.5) is 0 Å². The summed E-state index contributed by atoms with van der Waals surface area (Å²) < 4.78 is 0. The van der Waals surface area contributed by atoms with Crippen molar-refractivity contribution in [1.29, 1.82) is 0 Å². The first-order chi connectivity index (χ1) is 6.29. The van der Waals surface area contributed by atoms with Gasteiger partial charge >= 0.3 is 0 Å². The fourth-order valence-corrected chi connectivity index (χ4v) is 2.72. The van der Waals surface area contributed by atoms with Gasteiger partial charge in [-0.15, -0.1) is 0 Å². The van der Waals surface area contributed by atoms with Gasteiger partial charge in [-0.25, -0.2) is 0 Å². The Bertz CT molecular complexity index is 234. The van der Waals surface area contributed by atoms with Gasteiger partial charge in [-0.1, -0.05) is 12.2 Å². The van der Waals surface area contributed by atoms with Crippen molar-refractivity contribution in [2.75, 3.05) is 7.05 Å². The number of hydrogen-bond donors (Lipinski definition) is 1. The predicted octanol–water partition coefficient (Wildman–Crippen LogP) is 1.72. The van der Waals surface area contributed by atoms with Crippen molar-refractivity contribution in [2.45, 2.75) is 25.7 Å². The van der Waals surface area contributed by atoms with Gasteiger partial charge in [0.15, 0.2) is 0 Å². The highest BCUT2D eigenvalue weighted by molar-refractivity contribution is 5.78. The van der Waals surface area contributed by atoms with Crippen LogP contribution >= 0.6 is 0 Å². The van der Waals surface area contributed by atoms with Crippen LogP contribution in [0.1, 0.15) is 25.7 Å². The molecule has 13 heavy (non-hydrogen) atoms. The van der Waals surface area contributed by atoms with E-state index in [0.717, 1.165) is 18.8 Å². The van der Waals surface area contributed by atoms with Gasteiger partial charge in [0, 0.05) is 13.0 Å². The van der Waals surface area contributed by atoms with Gasteiger partial charge in [-0.05, 0) is 37.5 Å². The summed E-state index contributed by atoms with van der Waals surface area (Å²) in [7, 11) is 1.74. The Morgan fingerprint density at radius 3 is 2.92 bits per heavy atom. The van der Waals surface area contributed by atoms with E-state index in [1.165, 1.54) is 12.8 Å². The van der Waals surface area contributed by atoms with Crippen LogP contribution in [0.15, 0.2) is 12.2 Å². The number of hydrogen-bond acceptors (Lipinski definition) is 1. The standard InChI is InChI=1S/C11H17NO/c1-12-11(13)10-6-8-3-2-4-9(5-8)7-10/h2-3,8-10H,4-7H2,1H3,(H,12,13). The molecule has 3 atom stereocenters. The van der Waals surface area contributed by atoms with Gasteiger partial charge in [0.05, 0.1) is 0 Å². The van der Waals surface area contributed by atoms with Gasteiger partial charge in [0.2, 0.25) is 5.91 Å². The first kappa shape index (κ1) is 8.79. The Kier molecular flexibility index (Phi) is 2.38. The topological polar surface area (TPSA) is 29.1 Å². The summed E-state index contributed by atoms with van der Waals surface area (Å²) in [6, 6.07) is 0. The normalized spacial score (nSPS) is 37.2. The zero-order chi connectivity index (χ0) is 9.26. The maximum Gasteiger partial charge on any atom is 0.222 e. The minimum Gasteiger partial charge on any atom is -0.359 e. The lowest BCUT2D eigenvalue weighted by Crippen LogP contribution is -2.34. The van der Waals surface area contributed by atoms with Crippen molar-refractivity contribution < 1.29 is 4.79 Å². The Morgan fingerprint density at radius 2 is 2.23 bits per heavy atom. The molecular weight excluding hydrogens is 162 g/mol. The summed E-state index contributed by atoms with van der Waals surface area (Å²) in [6.45, 7) is 0. The van der Waals surface area contributed by atoms with Crippen LogP contribution in [-0.4, -0.2) is 13.0 Å². The number of fused-ring (bicyclic) bond motifs is 2.